The van der Waals surface area contributed by atoms with E-state index in [2.05, 4.69) is 13.8 Å². The van der Waals surface area contributed by atoms with Crippen molar-refractivity contribution in [3.63, 3.8) is 0 Å². The van der Waals surface area contributed by atoms with Gasteiger partial charge in [-0.15, -0.1) is 0 Å². The highest BCUT2D eigenvalue weighted by atomic mass is 16.8. The summed E-state index contributed by atoms with van der Waals surface area (Å²) in [7, 11) is 0. The quantitative estimate of drug-likeness (QED) is 0.303. The van der Waals surface area contributed by atoms with Gasteiger partial charge in [-0.1, -0.05) is 19.9 Å². The minimum Gasteiger partial charge on any atom is -0.454 e. The van der Waals surface area contributed by atoms with Crippen LogP contribution in [0.4, 0.5) is 0 Å². The summed E-state index contributed by atoms with van der Waals surface area (Å²) in [6.07, 6.45) is 1.30. The molecule has 8 nitrogen and oxygen atoms in total. The van der Waals surface area contributed by atoms with Crippen molar-refractivity contribution in [2.75, 3.05) is 0 Å². The van der Waals surface area contributed by atoms with Gasteiger partial charge in [0.2, 0.25) is 12.6 Å². The molecule has 2 unspecified atom stereocenters. The van der Waals surface area contributed by atoms with Gasteiger partial charge in [0.05, 0.1) is 6.10 Å². The molecule has 1 N–H and O–H groups in total. The summed E-state index contributed by atoms with van der Waals surface area (Å²) in [5, 5.41) is 11.8. The van der Waals surface area contributed by atoms with Crippen molar-refractivity contribution in [2.45, 2.75) is 79.2 Å². The van der Waals surface area contributed by atoms with E-state index in [0.717, 1.165) is 6.42 Å². The second-order valence-corrected chi connectivity index (χ2v) is 9.98. The number of ether oxygens (including phenoxy) is 4. The third-order valence-electron chi connectivity index (χ3n) is 8.13. The highest BCUT2D eigenvalue weighted by Crippen LogP contribution is 2.74. The van der Waals surface area contributed by atoms with Crippen LogP contribution in [0.25, 0.3) is 0 Å². The number of fused-ring (bicyclic) bond motifs is 1. The maximum atomic E-state index is 12.6. The number of rotatable bonds is 4. The Balaban J connectivity index is 1.85. The minimum absolute atomic E-state index is 0.0118. The van der Waals surface area contributed by atoms with Gasteiger partial charge in [0.25, 0.3) is 0 Å². The topological polar surface area (TPSA) is 108 Å². The zero-order valence-electron chi connectivity index (χ0n) is 19.4. The second kappa shape index (κ2) is 7.70. The van der Waals surface area contributed by atoms with Crippen molar-refractivity contribution >= 4 is 17.9 Å². The molecule has 176 valence electrons. The molecule has 3 aliphatic carbocycles. The van der Waals surface area contributed by atoms with Crippen LogP contribution in [0.15, 0.2) is 23.3 Å². The predicted octanol–water partition coefficient (Wildman–Crippen LogP) is 2.64. The van der Waals surface area contributed by atoms with E-state index in [1.165, 1.54) is 13.8 Å². The van der Waals surface area contributed by atoms with Crippen LogP contribution in [0.3, 0.4) is 0 Å². The number of hydrogen-bond donors (Lipinski definition) is 1. The Morgan fingerprint density at radius 2 is 1.75 bits per heavy atom. The Hall–Kier alpha value is -2.19. The first-order valence-electron chi connectivity index (χ1n) is 11.2. The fourth-order valence-electron chi connectivity index (χ4n) is 6.94. The average molecular weight is 449 g/mol. The van der Waals surface area contributed by atoms with Gasteiger partial charge >= 0.3 is 17.9 Å². The van der Waals surface area contributed by atoms with Crippen LogP contribution in [-0.4, -0.2) is 47.8 Å². The zero-order chi connectivity index (χ0) is 23.6. The van der Waals surface area contributed by atoms with Gasteiger partial charge in [0, 0.05) is 42.2 Å². The van der Waals surface area contributed by atoms with Gasteiger partial charge in [-0.05, 0) is 44.1 Å². The Kier molecular flexibility index (Phi) is 5.53. The Labute approximate surface area is 187 Å². The number of carbonyl (C=O) groups is 3. The molecule has 1 aliphatic heterocycles. The van der Waals surface area contributed by atoms with Gasteiger partial charge in [0.1, 0.15) is 6.10 Å². The molecule has 32 heavy (non-hydrogen) atoms. The lowest BCUT2D eigenvalue weighted by molar-refractivity contribution is -0.282. The lowest BCUT2D eigenvalue weighted by Crippen LogP contribution is -2.59. The number of esters is 3. The molecule has 0 aromatic heterocycles. The molecule has 1 heterocycles. The van der Waals surface area contributed by atoms with Gasteiger partial charge in [0.15, 0.2) is 0 Å². The molecule has 0 aromatic rings. The number of carbonyl (C=O) groups excluding carboxylic acids is 3. The standard InChI is InChI=1S/C24H32O8/c1-7-11(2)20(28)31-16-10-15-22(30-13(4)26)32-21(29-12(3)25)14-8-9-17-23(5,6)18(16)19(27)24(14,15)17/h7,10,14,16-19,21-22,27H,8-9H2,1-6H3/b11-7-/t14-,16+,17-,18+,19?,21-,22-,24?/m1/s1. The Bertz CT molecular complexity index is 902. The molecule has 8 heteroatoms. The predicted molar refractivity (Wildman–Crippen MR) is 112 cm³/mol. The SMILES string of the molecule is C/C=C(/C)C(=O)O[C@H]1C=C2[C@H](OC(C)=O)O[C@@H](OC(C)=O)[C@H]3CC[C@@H]4C(C)(C)[C@@H]1C(O)C234. The molecule has 0 radical (unpaired) electrons. The van der Waals surface area contributed by atoms with Crippen LogP contribution >= 0.6 is 0 Å². The van der Waals surface area contributed by atoms with Crippen molar-refractivity contribution in [3.8, 4) is 0 Å². The van der Waals surface area contributed by atoms with Crippen LogP contribution in [0, 0.1) is 28.6 Å². The molecule has 4 rings (SSSR count). The molecule has 4 aliphatic rings. The van der Waals surface area contributed by atoms with E-state index < -0.39 is 48.1 Å². The van der Waals surface area contributed by atoms with Crippen molar-refractivity contribution < 1.29 is 38.4 Å². The van der Waals surface area contributed by atoms with Gasteiger partial charge in [-0.3, -0.25) is 14.3 Å². The molecule has 0 aromatic carbocycles. The highest BCUT2D eigenvalue weighted by molar-refractivity contribution is 5.87. The Morgan fingerprint density at radius 3 is 2.34 bits per heavy atom. The van der Waals surface area contributed by atoms with E-state index in [-0.39, 0.29) is 23.2 Å². The lowest BCUT2D eigenvalue weighted by atomic mass is 9.61. The first-order chi connectivity index (χ1) is 15.0. The third kappa shape index (κ3) is 3.06. The average Bonchev–Trinajstić information content (AvgIpc) is 3.14. The summed E-state index contributed by atoms with van der Waals surface area (Å²) in [6.45, 7) is 10.2. The first kappa shape index (κ1) is 23.0. The van der Waals surface area contributed by atoms with Gasteiger partial charge in [-0.25, -0.2) is 4.79 Å². The van der Waals surface area contributed by atoms with Gasteiger partial charge in [-0.2, -0.15) is 0 Å². The number of aliphatic hydroxyl groups excluding tert-OH is 1. The molecular weight excluding hydrogens is 416 g/mol. The van der Waals surface area contributed by atoms with E-state index >= 15 is 0 Å². The summed E-state index contributed by atoms with van der Waals surface area (Å²) in [6, 6.07) is 0. The maximum absolute atomic E-state index is 12.6. The molecule has 1 spiro atoms. The van der Waals surface area contributed by atoms with E-state index in [1.807, 2.05) is 0 Å². The van der Waals surface area contributed by atoms with Crippen LogP contribution in [-0.2, 0) is 33.3 Å². The van der Waals surface area contributed by atoms with Crippen molar-refractivity contribution in [1.29, 1.82) is 0 Å². The zero-order valence-corrected chi connectivity index (χ0v) is 19.4. The molecule has 0 amide bonds. The molecular formula is C24H32O8. The highest BCUT2D eigenvalue weighted by Gasteiger charge is 2.77. The second-order valence-electron chi connectivity index (χ2n) is 9.98. The van der Waals surface area contributed by atoms with E-state index in [4.69, 9.17) is 18.9 Å². The Morgan fingerprint density at radius 1 is 1.09 bits per heavy atom. The molecule has 1 saturated heterocycles. The fraction of sp³-hybridized carbons (Fsp3) is 0.708. The number of aliphatic hydroxyl groups is 1. The summed E-state index contributed by atoms with van der Waals surface area (Å²) >= 11 is 0. The van der Waals surface area contributed by atoms with Gasteiger partial charge < -0.3 is 19.3 Å². The minimum atomic E-state index is -1.14. The van der Waals surface area contributed by atoms with Crippen molar-refractivity contribution in [3.05, 3.63) is 23.3 Å². The van der Waals surface area contributed by atoms with Crippen LogP contribution in [0.1, 0.15) is 54.4 Å². The van der Waals surface area contributed by atoms with E-state index in [1.54, 1.807) is 26.0 Å². The van der Waals surface area contributed by atoms with Crippen LogP contribution in [0.5, 0.6) is 0 Å². The summed E-state index contributed by atoms with van der Waals surface area (Å²) in [5.74, 6) is -2.16. The van der Waals surface area contributed by atoms with E-state index in [9.17, 15) is 19.5 Å². The van der Waals surface area contributed by atoms with Crippen LogP contribution in [0.2, 0.25) is 0 Å². The summed E-state index contributed by atoms with van der Waals surface area (Å²) in [5.41, 5.74) is -0.0991. The molecule has 2 bridgehead atoms. The van der Waals surface area contributed by atoms with Crippen molar-refractivity contribution in [2.24, 2.45) is 28.6 Å². The monoisotopic (exact) mass is 448 g/mol. The first-order valence-corrected chi connectivity index (χ1v) is 11.2. The smallest absolute Gasteiger partial charge is 0.333 e. The third-order valence-corrected chi connectivity index (χ3v) is 8.13. The fourth-order valence-corrected chi connectivity index (χ4v) is 6.94. The van der Waals surface area contributed by atoms with Crippen molar-refractivity contribution in [1.82, 2.24) is 0 Å². The largest absolute Gasteiger partial charge is 0.454 e. The lowest BCUT2D eigenvalue weighted by Gasteiger charge is -2.52. The summed E-state index contributed by atoms with van der Waals surface area (Å²) in [4.78, 5) is 36.3. The molecule has 2 saturated carbocycles. The number of hydrogen-bond acceptors (Lipinski definition) is 8. The van der Waals surface area contributed by atoms with E-state index in [0.29, 0.717) is 17.6 Å². The summed E-state index contributed by atoms with van der Waals surface area (Å²) < 4.78 is 22.8. The van der Waals surface area contributed by atoms with Crippen LogP contribution < -0.4 is 0 Å². The maximum Gasteiger partial charge on any atom is 0.333 e. The number of allylic oxidation sites excluding steroid dienone is 1. The molecule has 8 atom stereocenters. The normalized spacial score (nSPS) is 41.4. The molecule has 3 fully saturated rings.